The molecule has 2 heteroatoms. The number of benzene rings is 1. The molecule has 0 unspecified atom stereocenters. The van der Waals surface area contributed by atoms with Crippen LogP contribution in [0.15, 0.2) is 43.0 Å². The van der Waals surface area contributed by atoms with Crippen LogP contribution >= 0.6 is 0 Å². The second kappa shape index (κ2) is 4.89. The summed E-state index contributed by atoms with van der Waals surface area (Å²) in [6, 6.07) is 10.2. The minimum absolute atomic E-state index is 0.108. The van der Waals surface area contributed by atoms with Crippen LogP contribution in [-0.4, -0.2) is 26.4 Å². The second-order valence-electron chi connectivity index (χ2n) is 4.16. The van der Waals surface area contributed by atoms with Gasteiger partial charge >= 0.3 is 0 Å². The molecular formula is C13H18NO+. The van der Waals surface area contributed by atoms with E-state index in [4.69, 9.17) is 0 Å². The quantitative estimate of drug-likeness (QED) is 0.531. The number of rotatable bonds is 5. The molecule has 0 N–H and O–H groups in total. The fraction of sp³-hybridized carbons (Fsp3) is 0.308. The molecule has 0 aliphatic rings. The normalized spacial score (nSPS) is 11.1. The third-order valence-corrected chi connectivity index (χ3v) is 2.60. The smallest absolute Gasteiger partial charge is 0.160 e. The zero-order valence-electron chi connectivity index (χ0n) is 9.44. The molecule has 1 aromatic rings. The second-order valence-corrected chi connectivity index (χ2v) is 4.16. The molecule has 0 saturated carbocycles. The van der Waals surface area contributed by atoms with Crippen molar-refractivity contribution >= 4 is 11.5 Å². The van der Waals surface area contributed by atoms with Crippen molar-refractivity contribution in [1.29, 1.82) is 0 Å². The number of allylic oxidation sites excluding steroid dienone is 1. The highest BCUT2D eigenvalue weighted by Crippen LogP contribution is 2.18. The summed E-state index contributed by atoms with van der Waals surface area (Å²) in [5, 5.41) is 0. The molecular weight excluding hydrogens is 186 g/mol. The number of para-hydroxylation sites is 1. The first kappa shape index (κ1) is 11.7. The topological polar surface area (TPSA) is 17.1 Å². The van der Waals surface area contributed by atoms with Crippen LogP contribution in [0.4, 0.5) is 5.69 Å². The van der Waals surface area contributed by atoms with Gasteiger partial charge in [0.1, 0.15) is 5.69 Å². The molecule has 1 rings (SSSR count). The highest BCUT2D eigenvalue weighted by atomic mass is 16.1. The fourth-order valence-electron chi connectivity index (χ4n) is 1.45. The van der Waals surface area contributed by atoms with Crippen LogP contribution in [0.5, 0.6) is 0 Å². The van der Waals surface area contributed by atoms with E-state index in [0.717, 1.165) is 11.0 Å². The number of nitrogens with zero attached hydrogens (tertiary/aromatic N) is 1. The SMILES string of the molecule is C=CC(=O)CC[N+](C)(C)c1ccccc1. The van der Waals surface area contributed by atoms with Gasteiger partial charge in [-0.05, 0) is 18.2 Å². The highest BCUT2D eigenvalue weighted by molar-refractivity contribution is 5.89. The van der Waals surface area contributed by atoms with Gasteiger partial charge in [-0.1, -0.05) is 24.8 Å². The zero-order chi connectivity index (χ0) is 11.3. The van der Waals surface area contributed by atoms with Gasteiger partial charge in [0.15, 0.2) is 5.78 Å². The molecule has 0 aliphatic heterocycles. The van der Waals surface area contributed by atoms with E-state index in [9.17, 15) is 4.79 Å². The van der Waals surface area contributed by atoms with Crippen LogP contribution in [0.2, 0.25) is 0 Å². The first-order valence-electron chi connectivity index (χ1n) is 5.10. The predicted octanol–water partition coefficient (Wildman–Crippen LogP) is 2.40. The number of ketones is 1. The maximum absolute atomic E-state index is 11.2. The summed E-state index contributed by atoms with van der Waals surface area (Å²) in [6.07, 6.45) is 1.94. The number of carbonyl (C=O) groups is 1. The predicted molar refractivity (Wildman–Crippen MR) is 64.8 cm³/mol. The third-order valence-electron chi connectivity index (χ3n) is 2.60. The first-order valence-corrected chi connectivity index (χ1v) is 5.10. The van der Waals surface area contributed by atoms with Crippen molar-refractivity contribution in [2.45, 2.75) is 6.42 Å². The third kappa shape index (κ3) is 3.33. The van der Waals surface area contributed by atoms with Gasteiger partial charge in [0.05, 0.1) is 27.1 Å². The molecule has 2 nitrogen and oxygen atoms in total. The molecule has 15 heavy (non-hydrogen) atoms. The van der Waals surface area contributed by atoms with Crippen molar-refractivity contribution < 1.29 is 4.79 Å². The molecule has 0 aromatic heterocycles. The maximum Gasteiger partial charge on any atom is 0.160 e. The minimum atomic E-state index is 0.108. The largest absolute Gasteiger partial charge is 0.296 e. The van der Waals surface area contributed by atoms with E-state index in [0.29, 0.717) is 6.42 Å². The highest BCUT2D eigenvalue weighted by Gasteiger charge is 2.18. The zero-order valence-corrected chi connectivity index (χ0v) is 9.44. The fourth-order valence-corrected chi connectivity index (χ4v) is 1.45. The lowest BCUT2D eigenvalue weighted by molar-refractivity contribution is -0.114. The van der Waals surface area contributed by atoms with Crippen LogP contribution in [0, 0.1) is 0 Å². The van der Waals surface area contributed by atoms with Crippen molar-refractivity contribution in [3.63, 3.8) is 0 Å². The van der Waals surface area contributed by atoms with E-state index >= 15 is 0 Å². The molecule has 0 atom stereocenters. The van der Waals surface area contributed by atoms with Crippen molar-refractivity contribution in [3.8, 4) is 0 Å². The molecule has 0 bridgehead atoms. The first-order chi connectivity index (χ1) is 7.06. The van der Waals surface area contributed by atoms with E-state index in [-0.39, 0.29) is 5.78 Å². The Hall–Kier alpha value is -1.41. The number of quaternary nitrogens is 1. The van der Waals surface area contributed by atoms with Gasteiger partial charge in [-0.25, -0.2) is 0 Å². The van der Waals surface area contributed by atoms with Crippen LogP contribution in [0.25, 0.3) is 0 Å². The lowest BCUT2D eigenvalue weighted by Crippen LogP contribution is -2.41. The average Bonchev–Trinajstić information content (AvgIpc) is 2.27. The van der Waals surface area contributed by atoms with Gasteiger partial charge in [0.2, 0.25) is 0 Å². The Kier molecular flexibility index (Phi) is 3.81. The molecule has 0 heterocycles. The number of hydrogen-bond donors (Lipinski definition) is 0. The lowest BCUT2D eigenvalue weighted by Gasteiger charge is -2.28. The Morgan fingerprint density at radius 1 is 1.33 bits per heavy atom. The Bertz CT molecular complexity index is 341. The average molecular weight is 204 g/mol. The summed E-state index contributed by atoms with van der Waals surface area (Å²) in [5.74, 6) is 0.108. The summed E-state index contributed by atoms with van der Waals surface area (Å²) in [6.45, 7) is 4.28. The van der Waals surface area contributed by atoms with Gasteiger partial charge < -0.3 is 0 Å². The molecule has 0 aliphatic carbocycles. The summed E-state index contributed by atoms with van der Waals surface area (Å²) in [5.41, 5.74) is 1.22. The Morgan fingerprint density at radius 2 is 1.93 bits per heavy atom. The van der Waals surface area contributed by atoms with E-state index in [1.54, 1.807) is 0 Å². The van der Waals surface area contributed by atoms with Gasteiger partial charge in [-0.2, -0.15) is 0 Å². The van der Waals surface area contributed by atoms with Gasteiger partial charge in [0, 0.05) is 0 Å². The lowest BCUT2D eigenvalue weighted by atomic mass is 10.2. The molecule has 0 radical (unpaired) electrons. The van der Waals surface area contributed by atoms with Crippen LogP contribution in [-0.2, 0) is 4.79 Å². The van der Waals surface area contributed by atoms with Crippen molar-refractivity contribution in [2.75, 3.05) is 20.6 Å². The van der Waals surface area contributed by atoms with Crippen molar-refractivity contribution in [3.05, 3.63) is 43.0 Å². The van der Waals surface area contributed by atoms with Gasteiger partial charge in [-0.3, -0.25) is 9.28 Å². The van der Waals surface area contributed by atoms with E-state index in [2.05, 4.69) is 32.8 Å². The Morgan fingerprint density at radius 3 is 2.47 bits per heavy atom. The van der Waals surface area contributed by atoms with E-state index < -0.39 is 0 Å². The van der Waals surface area contributed by atoms with Crippen molar-refractivity contribution in [1.82, 2.24) is 4.48 Å². The molecule has 1 aromatic carbocycles. The Balaban J connectivity index is 2.67. The van der Waals surface area contributed by atoms with E-state index in [1.807, 2.05) is 18.2 Å². The minimum Gasteiger partial charge on any atom is -0.296 e. The summed E-state index contributed by atoms with van der Waals surface area (Å²) in [7, 11) is 4.21. The Labute approximate surface area is 91.4 Å². The molecule has 0 fully saturated rings. The van der Waals surface area contributed by atoms with Crippen LogP contribution < -0.4 is 4.48 Å². The summed E-state index contributed by atoms with van der Waals surface area (Å²) >= 11 is 0. The summed E-state index contributed by atoms with van der Waals surface area (Å²) < 4.78 is 0.723. The maximum atomic E-state index is 11.2. The molecule has 80 valence electrons. The number of hydrogen-bond acceptors (Lipinski definition) is 1. The van der Waals surface area contributed by atoms with Gasteiger partial charge in [0.25, 0.3) is 0 Å². The molecule has 0 amide bonds. The van der Waals surface area contributed by atoms with Crippen LogP contribution in [0.3, 0.4) is 0 Å². The van der Waals surface area contributed by atoms with Crippen molar-refractivity contribution in [2.24, 2.45) is 0 Å². The standard InChI is InChI=1S/C13H18NO/c1-4-13(15)10-11-14(2,3)12-8-6-5-7-9-12/h4-9H,1,10-11H2,2-3H3/q+1. The monoisotopic (exact) mass is 204 g/mol. The van der Waals surface area contributed by atoms with E-state index in [1.165, 1.54) is 11.8 Å². The molecule has 0 spiro atoms. The molecule has 0 saturated heterocycles. The number of carbonyl (C=O) groups excluding carboxylic acids is 1. The summed E-state index contributed by atoms with van der Waals surface area (Å²) in [4.78, 5) is 11.2. The van der Waals surface area contributed by atoms with Crippen LogP contribution in [0.1, 0.15) is 6.42 Å². The van der Waals surface area contributed by atoms with Gasteiger partial charge in [-0.15, -0.1) is 0 Å².